The summed E-state index contributed by atoms with van der Waals surface area (Å²) in [7, 11) is 1.76. The minimum atomic E-state index is 0.0138. The predicted octanol–water partition coefficient (Wildman–Crippen LogP) is 0.424. The third kappa shape index (κ3) is 2.92. The van der Waals surface area contributed by atoms with Crippen LogP contribution in [0.25, 0.3) is 0 Å². The van der Waals surface area contributed by atoms with E-state index in [1.54, 1.807) is 7.11 Å². The number of methoxy groups -OCH3 is 1. The van der Waals surface area contributed by atoms with Crippen molar-refractivity contribution < 1.29 is 9.53 Å². The molecule has 2 aliphatic carbocycles. The van der Waals surface area contributed by atoms with Crippen LogP contribution in [0.3, 0.4) is 0 Å². The maximum Gasteiger partial charge on any atom is 0.234 e. The minimum absolute atomic E-state index is 0.0138. The number of nitrogens with one attached hydrogen (secondary N) is 2. The molecule has 0 unspecified atom stereocenters. The second-order valence-electron chi connectivity index (χ2n) is 4.69. The highest BCUT2D eigenvalue weighted by atomic mass is 16.5. The number of carbonyl (C=O) groups excluding carboxylic acids is 1. The highest BCUT2D eigenvalue weighted by Gasteiger charge is 2.36. The standard InChI is InChI=1S/C11H20N2O2/c1-15-11(5-2-6-11)8-12-7-10(14)13-9-3-4-9/h9,12H,2-8H2,1H3,(H,13,14). The van der Waals surface area contributed by atoms with Crippen molar-refractivity contribution in [2.45, 2.75) is 43.7 Å². The number of hydrogen-bond acceptors (Lipinski definition) is 3. The summed E-state index contributed by atoms with van der Waals surface area (Å²) in [5.74, 6) is 0.114. The number of amides is 1. The van der Waals surface area contributed by atoms with Crippen molar-refractivity contribution in [3.63, 3.8) is 0 Å². The van der Waals surface area contributed by atoms with E-state index in [0.717, 1.165) is 32.2 Å². The van der Waals surface area contributed by atoms with Crippen LogP contribution in [0.4, 0.5) is 0 Å². The van der Waals surface area contributed by atoms with Crippen LogP contribution in [-0.2, 0) is 9.53 Å². The van der Waals surface area contributed by atoms with Crippen LogP contribution in [0.1, 0.15) is 32.1 Å². The van der Waals surface area contributed by atoms with Crippen LogP contribution in [-0.4, -0.2) is 37.7 Å². The molecule has 2 fully saturated rings. The van der Waals surface area contributed by atoms with E-state index >= 15 is 0 Å². The van der Waals surface area contributed by atoms with E-state index in [4.69, 9.17) is 4.74 Å². The Balaban J connectivity index is 1.58. The van der Waals surface area contributed by atoms with Gasteiger partial charge >= 0.3 is 0 Å². The van der Waals surface area contributed by atoms with Gasteiger partial charge in [0, 0.05) is 19.7 Å². The molecule has 0 aromatic rings. The molecular weight excluding hydrogens is 192 g/mol. The molecule has 4 heteroatoms. The molecule has 0 atom stereocenters. The van der Waals surface area contributed by atoms with E-state index in [1.165, 1.54) is 6.42 Å². The molecule has 4 nitrogen and oxygen atoms in total. The molecule has 2 saturated carbocycles. The van der Waals surface area contributed by atoms with Gasteiger partial charge in [-0.15, -0.1) is 0 Å². The van der Waals surface area contributed by atoms with E-state index in [2.05, 4.69) is 10.6 Å². The lowest BCUT2D eigenvalue weighted by Gasteiger charge is -2.40. The molecule has 1 amide bonds. The van der Waals surface area contributed by atoms with Gasteiger partial charge in [0.05, 0.1) is 12.1 Å². The van der Waals surface area contributed by atoms with Crippen molar-refractivity contribution in [1.82, 2.24) is 10.6 Å². The zero-order valence-electron chi connectivity index (χ0n) is 9.34. The number of hydrogen-bond donors (Lipinski definition) is 2. The molecule has 15 heavy (non-hydrogen) atoms. The van der Waals surface area contributed by atoms with Gasteiger partial charge in [-0.1, -0.05) is 0 Å². The molecule has 0 saturated heterocycles. The maximum atomic E-state index is 11.4. The Morgan fingerprint density at radius 2 is 2.20 bits per heavy atom. The molecule has 0 aromatic heterocycles. The van der Waals surface area contributed by atoms with Crippen LogP contribution < -0.4 is 10.6 Å². The van der Waals surface area contributed by atoms with Crippen molar-refractivity contribution in [2.24, 2.45) is 0 Å². The smallest absolute Gasteiger partial charge is 0.234 e. The molecule has 2 aliphatic rings. The lowest BCUT2D eigenvalue weighted by atomic mass is 9.80. The molecule has 0 aromatic carbocycles. The van der Waals surface area contributed by atoms with Crippen molar-refractivity contribution in [3.05, 3.63) is 0 Å². The van der Waals surface area contributed by atoms with E-state index in [0.29, 0.717) is 12.6 Å². The average Bonchev–Trinajstić information content (AvgIpc) is 2.93. The van der Waals surface area contributed by atoms with Crippen LogP contribution in [0, 0.1) is 0 Å². The fourth-order valence-electron chi connectivity index (χ4n) is 1.93. The first kappa shape index (κ1) is 10.9. The number of ether oxygens (including phenoxy) is 1. The Kier molecular flexibility index (Phi) is 3.26. The van der Waals surface area contributed by atoms with Crippen LogP contribution in [0.2, 0.25) is 0 Å². The second kappa shape index (κ2) is 4.49. The maximum absolute atomic E-state index is 11.4. The van der Waals surface area contributed by atoms with Gasteiger partial charge in [-0.3, -0.25) is 4.79 Å². The predicted molar refractivity (Wildman–Crippen MR) is 57.6 cm³/mol. The Hall–Kier alpha value is -0.610. The van der Waals surface area contributed by atoms with Gasteiger partial charge in [0.15, 0.2) is 0 Å². The van der Waals surface area contributed by atoms with Gasteiger partial charge in [0.2, 0.25) is 5.91 Å². The Labute approximate surface area is 90.8 Å². The quantitative estimate of drug-likeness (QED) is 0.671. The fourth-order valence-corrected chi connectivity index (χ4v) is 1.93. The number of carbonyl (C=O) groups is 1. The molecule has 0 aliphatic heterocycles. The van der Waals surface area contributed by atoms with Crippen LogP contribution in [0.15, 0.2) is 0 Å². The monoisotopic (exact) mass is 212 g/mol. The van der Waals surface area contributed by atoms with Gasteiger partial charge in [-0.2, -0.15) is 0 Å². The lowest BCUT2D eigenvalue weighted by molar-refractivity contribution is -0.121. The Morgan fingerprint density at radius 3 is 2.67 bits per heavy atom. The lowest BCUT2D eigenvalue weighted by Crippen LogP contribution is -2.49. The van der Waals surface area contributed by atoms with Crippen molar-refractivity contribution in [1.29, 1.82) is 0 Å². The van der Waals surface area contributed by atoms with Crippen molar-refractivity contribution >= 4 is 5.91 Å². The van der Waals surface area contributed by atoms with Crippen molar-refractivity contribution in [2.75, 3.05) is 20.2 Å². The van der Waals surface area contributed by atoms with Gasteiger partial charge in [0.1, 0.15) is 0 Å². The molecule has 2 N–H and O–H groups in total. The summed E-state index contributed by atoms with van der Waals surface area (Å²) in [6.07, 6.45) is 5.76. The highest BCUT2D eigenvalue weighted by Crippen LogP contribution is 2.34. The SMILES string of the molecule is COC1(CNCC(=O)NC2CC2)CCC1. The third-order valence-electron chi connectivity index (χ3n) is 3.37. The molecule has 0 radical (unpaired) electrons. The fraction of sp³-hybridized carbons (Fsp3) is 0.909. The second-order valence-corrected chi connectivity index (χ2v) is 4.69. The zero-order chi connectivity index (χ0) is 10.7. The highest BCUT2D eigenvalue weighted by molar-refractivity contribution is 5.78. The summed E-state index contributed by atoms with van der Waals surface area (Å²) in [5.41, 5.74) is 0.0138. The molecule has 2 rings (SSSR count). The van der Waals surface area contributed by atoms with Crippen LogP contribution in [0.5, 0.6) is 0 Å². The van der Waals surface area contributed by atoms with E-state index in [-0.39, 0.29) is 11.5 Å². The van der Waals surface area contributed by atoms with E-state index in [9.17, 15) is 4.79 Å². The summed E-state index contributed by atoms with van der Waals surface area (Å²) in [6, 6.07) is 0.458. The van der Waals surface area contributed by atoms with Gasteiger partial charge in [-0.05, 0) is 32.1 Å². The zero-order valence-corrected chi connectivity index (χ0v) is 9.34. The number of rotatable bonds is 6. The van der Waals surface area contributed by atoms with Crippen LogP contribution >= 0.6 is 0 Å². The summed E-state index contributed by atoms with van der Waals surface area (Å²) < 4.78 is 5.45. The van der Waals surface area contributed by atoms with E-state index in [1.807, 2.05) is 0 Å². The summed E-state index contributed by atoms with van der Waals surface area (Å²) in [4.78, 5) is 11.4. The first-order chi connectivity index (χ1) is 7.24. The average molecular weight is 212 g/mol. The summed E-state index contributed by atoms with van der Waals surface area (Å²) in [6.45, 7) is 1.21. The first-order valence-corrected chi connectivity index (χ1v) is 5.79. The summed E-state index contributed by atoms with van der Waals surface area (Å²) >= 11 is 0. The largest absolute Gasteiger partial charge is 0.377 e. The van der Waals surface area contributed by atoms with Gasteiger partial charge < -0.3 is 15.4 Å². The third-order valence-corrected chi connectivity index (χ3v) is 3.37. The first-order valence-electron chi connectivity index (χ1n) is 5.79. The topological polar surface area (TPSA) is 50.4 Å². The molecule has 0 heterocycles. The summed E-state index contributed by atoms with van der Waals surface area (Å²) in [5, 5.41) is 6.13. The van der Waals surface area contributed by atoms with Gasteiger partial charge in [0.25, 0.3) is 0 Å². The van der Waals surface area contributed by atoms with E-state index < -0.39 is 0 Å². The van der Waals surface area contributed by atoms with Crippen molar-refractivity contribution in [3.8, 4) is 0 Å². The van der Waals surface area contributed by atoms with Gasteiger partial charge in [-0.25, -0.2) is 0 Å². The molecular formula is C11H20N2O2. The minimum Gasteiger partial charge on any atom is -0.377 e. The molecule has 0 bridgehead atoms. The Morgan fingerprint density at radius 1 is 1.47 bits per heavy atom. The molecule has 86 valence electrons. The normalized spacial score (nSPS) is 23.3. The Bertz CT molecular complexity index is 229. The molecule has 0 spiro atoms.